The molecule has 0 bridgehead atoms. The molecule has 5 nitrogen and oxygen atoms in total. The molecule has 1 aromatic rings. The molecule has 7 heteroatoms. The number of carboxylic acids is 1. The van der Waals surface area contributed by atoms with E-state index in [9.17, 15) is 13.2 Å². The highest BCUT2D eigenvalue weighted by atomic mass is 79.9. The Labute approximate surface area is 127 Å². The van der Waals surface area contributed by atoms with Crippen molar-refractivity contribution in [3.8, 4) is 0 Å². The summed E-state index contributed by atoms with van der Waals surface area (Å²) < 4.78 is 27.0. The number of hydrogen-bond donors (Lipinski definition) is 2. The van der Waals surface area contributed by atoms with Crippen LogP contribution in [0.4, 0.5) is 0 Å². The molecule has 0 amide bonds. The number of aryl methyl sites for hydroxylation is 1. The second-order valence-corrected chi connectivity index (χ2v) is 7.57. The van der Waals surface area contributed by atoms with Gasteiger partial charge in [-0.3, -0.25) is 4.79 Å². The summed E-state index contributed by atoms with van der Waals surface area (Å²) in [4.78, 5) is 11.0. The molecule has 0 saturated carbocycles. The number of halogens is 1. The molecule has 0 aromatic heterocycles. The third kappa shape index (κ3) is 5.22. The molecule has 2 N–H and O–H groups in total. The molecule has 112 valence electrons. The van der Waals surface area contributed by atoms with Crippen molar-refractivity contribution < 1.29 is 18.3 Å². The third-order valence-corrected chi connectivity index (χ3v) is 4.97. The van der Waals surface area contributed by atoms with Crippen LogP contribution in [0.15, 0.2) is 28.7 Å². The molecule has 1 aromatic carbocycles. The summed E-state index contributed by atoms with van der Waals surface area (Å²) in [5.74, 6) is -1.62. The quantitative estimate of drug-likeness (QED) is 0.776. The van der Waals surface area contributed by atoms with Crippen LogP contribution in [-0.4, -0.2) is 31.3 Å². The number of hydrogen-bond acceptors (Lipinski definition) is 3. The van der Waals surface area contributed by atoms with Gasteiger partial charge in [0.15, 0.2) is 0 Å². The van der Waals surface area contributed by atoms with E-state index in [-0.39, 0.29) is 11.7 Å². The first-order chi connectivity index (χ1) is 9.23. The van der Waals surface area contributed by atoms with E-state index in [2.05, 4.69) is 20.7 Å². The first kappa shape index (κ1) is 17.1. The Kier molecular flexibility index (Phi) is 6.16. The van der Waals surface area contributed by atoms with E-state index in [0.717, 1.165) is 10.0 Å². The molecule has 0 radical (unpaired) electrons. The molecule has 1 unspecified atom stereocenters. The monoisotopic (exact) mass is 363 g/mol. The average Bonchev–Trinajstić information content (AvgIpc) is 2.34. The molecule has 0 aliphatic carbocycles. The number of benzene rings is 1. The molecular formula is C13H18BrNO4S. The Morgan fingerprint density at radius 3 is 2.45 bits per heavy atom. The summed E-state index contributed by atoms with van der Waals surface area (Å²) in [6.45, 7) is 3.32. The van der Waals surface area contributed by atoms with Crippen molar-refractivity contribution >= 4 is 31.9 Å². The van der Waals surface area contributed by atoms with Crippen molar-refractivity contribution in [1.82, 2.24) is 4.72 Å². The van der Waals surface area contributed by atoms with Crippen LogP contribution in [0, 0.1) is 5.92 Å². The van der Waals surface area contributed by atoms with Crippen molar-refractivity contribution in [2.45, 2.75) is 26.3 Å². The Balaban J connectivity index is 2.71. The van der Waals surface area contributed by atoms with E-state index in [1.54, 1.807) is 13.8 Å². The van der Waals surface area contributed by atoms with E-state index in [4.69, 9.17) is 5.11 Å². The smallest absolute Gasteiger partial charge is 0.321 e. The molecule has 0 aliphatic heterocycles. The van der Waals surface area contributed by atoms with Gasteiger partial charge in [-0.1, -0.05) is 48.0 Å². The second kappa shape index (κ2) is 7.19. The summed E-state index contributed by atoms with van der Waals surface area (Å²) in [5.41, 5.74) is 0.870. The zero-order valence-electron chi connectivity index (χ0n) is 11.3. The lowest BCUT2D eigenvalue weighted by Crippen LogP contribution is -2.45. The number of aliphatic carboxylic acids is 1. The number of nitrogens with one attached hydrogen (secondary N) is 1. The van der Waals surface area contributed by atoms with E-state index < -0.39 is 22.0 Å². The van der Waals surface area contributed by atoms with Gasteiger partial charge in [-0.05, 0) is 24.0 Å². The number of rotatable bonds is 7. The Hall–Kier alpha value is -0.920. The first-order valence-corrected chi connectivity index (χ1v) is 8.63. The normalized spacial score (nSPS) is 13.4. The standard InChI is InChI=1S/C13H18BrNO4S/c1-9(2)12(13(16)17)15-20(18,19)8-7-10-5-3-4-6-11(10)14/h3-6,9,12,15H,7-8H2,1-2H3,(H,16,17). The lowest BCUT2D eigenvalue weighted by molar-refractivity contribution is -0.140. The molecule has 0 fully saturated rings. The van der Waals surface area contributed by atoms with Gasteiger partial charge in [-0.15, -0.1) is 0 Å². The minimum absolute atomic E-state index is 0.147. The Morgan fingerprint density at radius 1 is 1.35 bits per heavy atom. The zero-order chi connectivity index (χ0) is 15.3. The number of carbonyl (C=O) groups is 1. The predicted octanol–water partition coefficient (Wildman–Crippen LogP) is 2.02. The molecule has 0 aliphatic rings. The van der Waals surface area contributed by atoms with E-state index in [1.807, 2.05) is 24.3 Å². The zero-order valence-corrected chi connectivity index (χ0v) is 13.7. The summed E-state index contributed by atoms with van der Waals surface area (Å²) in [5, 5.41) is 9.00. The van der Waals surface area contributed by atoms with Crippen molar-refractivity contribution in [3.05, 3.63) is 34.3 Å². The predicted molar refractivity (Wildman–Crippen MR) is 81.0 cm³/mol. The molecule has 20 heavy (non-hydrogen) atoms. The highest BCUT2D eigenvalue weighted by Gasteiger charge is 2.26. The van der Waals surface area contributed by atoms with Gasteiger partial charge in [0.2, 0.25) is 10.0 Å². The fourth-order valence-corrected chi connectivity index (χ4v) is 3.52. The van der Waals surface area contributed by atoms with E-state index >= 15 is 0 Å². The van der Waals surface area contributed by atoms with Crippen LogP contribution in [0.25, 0.3) is 0 Å². The molecule has 0 spiro atoms. The highest BCUT2D eigenvalue weighted by molar-refractivity contribution is 9.10. The summed E-state index contributed by atoms with van der Waals surface area (Å²) in [7, 11) is -3.64. The van der Waals surface area contributed by atoms with Crippen LogP contribution in [0.2, 0.25) is 0 Å². The lowest BCUT2D eigenvalue weighted by Gasteiger charge is -2.18. The topological polar surface area (TPSA) is 83.5 Å². The maximum absolute atomic E-state index is 11.9. The fourth-order valence-electron chi connectivity index (χ4n) is 1.67. The largest absolute Gasteiger partial charge is 0.480 e. The van der Waals surface area contributed by atoms with Gasteiger partial charge in [-0.2, -0.15) is 0 Å². The maximum Gasteiger partial charge on any atom is 0.321 e. The first-order valence-electron chi connectivity index (χ1n) is 6.19. The van der Waals surface area contributed by atoms with Crippen LogP contribution >= 0.6 is 15.9 Å². The molecule has 1 atom stereocenters. The van der Waals surface area contributed by atoms with Gasteiger partial charge >= 0.3 is 5.97 Å². The fraction of sp³-hybridized carbons (Fsp3) is 0.462. The van der Waals surface area contributed by atoms with Gasteiger partial charge in [0.05, 0.1) is 5.75 Å². The van der Waals surface area contributed by atoms with Crippen LogP contribution in [0.3, 0.4) is 0 Å². The number of carboxylic acid groups (broad SMARTS) is 1. The third-order valence-electron chi connectivity index (χ3n) is 2.84. The van der Waals surface area contributed by atoms with Gasteiger partial charge in [0, 0.05) is 4.47 Å². The van der Waals surface area contributed by atoms with Crippen molar-refractivity contribution in [2.24, 2.45) is 5.92 Å². The van der Waals surface area contributed by atoms with Crippen LogP contribution in [-0.2, 0) is 21.2 Å². The van der Waals surface area contributed by atoms with E-state index in [1.165, 1.54) is 0 Å². The molecule has 0 saturated heterocycles. The number of sulfonamides is 1. The van der Waals surface area contributed by atoms with E-state index in [0.29, 0.717) is 6.42 Å². The van der Waals surface area contributed by atoms with Crippen LogP contribution in [0.5, 0.6) is 0 Å². The van der Waals surface area contributed by atoms with Crippen molar-refractivity contribution in [3.63, 3.8) is 0 Å². The lowest BCUT2D eigenvalue weighted by atomic mass is 10.1. The van der Waals surface area contributed by atoms with Gasteiger partial charge in [0.25, 0.3) is 0 Å². The molecule has 1 rings (SSSR count). The minimum atomic E-state index is -3.64. The van der Waals surface area contributed by atoms with Crippen molar-refractivity contribution in [2.75, 3.05) is 5.75 Å². The SMILES string of the molecule is CC(C)C(NS(=O)(=O)CCc1ccccc1Br)C(=O)O. The van der Waals surface area contributed by atoms with Crippen LogP contribution in [0.1, 0.15) is 19.4 Å². The Bertz CT molecular complexity index is 571. The average molecular weight is 364 g/mol. The van der Waals surface area contributed by atoms with Crippen molar-refractivity contribution in [1.29, 1.82) is 0 Å². The summed E-state index contributed by atoms with van der Waals surface area (Å²) in [6, 6.07) is 6.24. The van der Waals surface area contributed by atoms with Gasteiger partial charge in [-0.25, -0.2) is 13.1 Å². The minimum Gasteiger partial charge on any atom is -0.480 e. The molecule has 0 heterocycles. The second-order valence-electron chi connectivity index (χ2n) is 4.84. The molecular weight excluding hydrogens is 346 g/mol. The van der Waals surface area contributed by atoms with Gasteiger partial charge < -0.3 is 5.11 Å². The summed E-state index contributed by atoms with van der Waals surface area (Å²) >= 11 is 3.35. The maximum atomic E-state index is 11.9. The summed E-state index contributed by atoms with van der Waals surface area (Å²) in [6.07, 6.45) is 0.321. The van der Waals surface area contributed by atoms with Crippen LogP contribution < -0.4 is 4.72 Å². The highest BCUT2D eigenvalue weighted by Crippen LogP contribution is 2.17. The Morgan fingerprint density at radius 2 is 1.95 bits per heavy atom. The van der Waals surface area contributed by atoms with Gasteiger partial charge in [0.1, 0.15) is 6.04 Å².